The highest BCUT2D eigenvalue weighted by Crippen LogP contribution is 2.16. The minimum absolute atomic E-state index is 0.0136. The molecule has 0 spiro atoms. The number of rotatable bonds is 10. The SMILES string of the molecule is CC(O)C[N+](C)(CCOc1ccc(C(=O)c2ccccc2)cc1)CC(C)O.Cc1ccccc1. The van der Waals surface area contributed by atoms with Crippen molar-refractivity contribution < 1.29 is 24.2 Å². The molecule has 3 aromatic rings. The average Bonchev–Trinajstić information content (AvgIpc) is 2.79. The van der Waals surface area contributed by atoms with Crippen molar-refractivity contribution in [1.29, 1.82) is 0 Å². The summed E-state index contributed by atoms with van der Waals surface area (Å²) in [5.74, 6) is 0.681. The van der Waals surface area contributed by atoms with Gasteiger partial charge in [-0.3, -0.25) is 4.79 Å². The number of hydrogen-bond donors (Lipinski definition) is 2. The van der Waals surface area contributed by atoms with Crippen LogP contribution in [0.2, 0.25) is 0 Å². The highest BCUT2D eigenvalue weighted by Gasteiger charge is 2.25. The van der Waals surface area contributed by atoms with E-state index in [0.717, 1.165) is 0 Å². The lowest BCUT2D eigenvalue weighted by atomic mass is 10.0. The van der Waals surface area contributed by atoms with E-state index in [0.29, 0.717) is 47.6 Å². The molecule has 0 aliphatic carbocycles. The minimum Gasteiger partial charge on any atom is -0.488 e. The van der Waals surface area contributed by atoms with Gasteiger partial charge in [0, 0.05) is 11.1 Å². The van der Waals surface area contributed by atoms with Gasteiger partial charge in [-0.1, -0.05) is 66.2 Å². The van der Waals surface area contributed by atoms with E-state index in [2.05, 4.69) is 19.1 Å². The van der Waals surface area contributed by atoms with E-state index in [9.17, 15) is 15.0 Å². The van der Waals surface area contributed by atoms with E-state index in [1.54, 1.807) is 50.2 Å². The van der Waals surface area contributed by atoms with Gasteiger partial charge >= 0.3 is 0 Å². The molecule has 5 heteroatoms. The van der Waals surface area contributed by atoms with E-state index in [4.69, 9.17) is 4.74 Å². The van der Waals surface area contributed by atoms with Gasteiger partial charge in [-0.25, -0.2) is 0 Å². The van der Waals surface area contributed by atoms with Gasteiger partial charge in [0.15, 0.2) is 5.78 Å². The van der Waals surface area contributed by atoms with Crippen molar-refractivity contribution >= 4 is 5.78 Å². The minimum atomic E-state index is -0.447. The molecule has 182 valence electrons. The molecule has 0 bridgehead atoms. The number of aliphatic hydroxyl groups excluding tert-OH is 2. The first-order valence-electron chi connectivity index (χ1n) is 11.7. The van der Waals surface area contributed by atoms with Crippen LogP contribution in [-0.4, -0.2) is 66.0 Å². The first-order chi connectivity index (χ1) is 16.2. The second-order valence-corrected chi connectivity index (χ2v) is 9.13. The maximum absolute atomic E-state index is 12.4. The van der Waals surface area contributed by atoms with Crippen LogP contribution in [0.3, 0.4) is 0 Å². The van der Waals surface area contributed by atoms with Crippen molar-refractivity contribution in [3.63, 3.8) is 0 Å². The molecule has 5 nitrogen and oxygen atoms in total. The molecule has 0 aromatic heterocycles. The molecule has 0 aliphatic rings. The molecule has 0 aliphatic heterocycles. The molecule has 34 heavy (non-hydrogen) atoms. The fraction of sp³-hybridized carbons (Fsp3) is 0.345. The number of carbonyl (C=O) groups excluding carboxylic acids is 1. The van der Waals surface area contributed by atoms with Crippen LogP contribution in [0, 0.1) is 6.92 Å². The van der Waals surface area contributed by atoms with E-state index >= 15 is 0 Å². The average molecular weight is 465 g/mol. The number of carbonyl (C=O) groups is 1. The Labute approximate surface area is 203 Å². The van der Waals surface area contributed by atoms with Crippen molar-refractivity contribution in [2.45, 2.75) is 33.0 Å². The van der Waals surface area contributed by atoms with Gasteiger partial charge in [-0.15, -0.1) is 0 Å². The number of hydrogen-bond acceptors (Lipinski definition) is 4. The van der Waals surface area contributed by atoms with Gasteiger partial charge < -0.3 is 19.4 Å². The summed E-state index contributed by atoms with van der Waals surface area (Å²) in [5, 5.41) is 19.4. The monoisotopic (exact) mass is 464 g/mol. The van der Waals surface area contributed by atoms with Crippen LogP contribution in [0.5, 0.6) is 5.75 Å². The summed E-state index contributed by atoms with van der Waals surface area (Å²) >= 11 is 0. The van der Waals surface area contributed by atoms with Crippen LogP contribution in [0.1, 0.15) is 35.3 Å². The Bertz CT molecular complexity index is 960. The zero-order valence-electron chi connectivity index (χ0n) is 20.7. The van der Waals surface area contributed by atoms with E-state index in [1.165, 1.54) is 5.56 Å². The number of quaternary nitrogens is 1. The van der Waals surface area contributed by atoms with Gasteiger partial charge in [0.2, 0.25) is 0 Å². The van der Waals surface area contributed by atoms with Crippen LogP contribution in [0.25, 0.3) is 0 Å². The van der Waals surface area contributed by atoms with E-state index in [1.807, 2.05) is 43.4 Å². The van der Waals surface area contributed by atoms with Gasteiger partial charge in [0.05, 0.1) is 7.05 Å². The summed E-state index contributed by atoms with van der Waals surface area (Å²) in [7, 11) is 2.00. The number of benzene rings is 3. The third-order valence-corrected chi connectivity index (χ3v) is 5.40. The molecule has 2 atom stereocenters. The maximum atomic E-state index is 12.4. The summed E-state index contributed by atoms with van der Waals surface area (Å²) in [5.41, 5.74) is 2.61. The molecule has 0 saturated carbocycles. The van der Waals surface area contributed by atoms with E-state index < -0.39 is 12.2 Å². The number of ether oxygens (including phenoxy) is 1. The number of ketones is 1. The van der Waals surface area contributed by atoms with Crippen molar-refractivity contribution in [2.75, 3.05) is 33.3 Å². The van der Waals surface area contributed by atoms with Crippen molar-refractivity contribution in [2.24, 2.45) is 0 Å². The Kier molecular flexibility index (Phi) is 10.9. The summed E-state index contributed by atoms with van der Waals surface area (Å²) in [6, 6.07) is 26.6. The lowest BCUT2D eigenvalue weighted by Crippen LogP contribution is -2.53. The number of nitrogens with zero attached hydrogens (tertiary/aromatic N) is 1. The number of aliphatic hydroxyl groups is 2. The highest BCUT2D eigenvalue weighted by molar-refractivity contribution is 6.08. The predicted octanol–water partition coefficient (Wildman–Crippen LogP) is 4.50. The summed E-state index contributed by atoms with van der Waals surface area (Å²) in [4.78, 5) is 12.4. The Morgan fingerprint density at radius 3 is 1.71 bits per heavy atom. The molecule has 0 amide bonds. The van der Waals surface area contributed by atoms with Gasteiger partial charge in [0.25, 0.3) is 0 Å². The first kappa shape index (κ1) is 27.3. The van der Waals surface area contributed by atoms with Crippen LogP contribution in [-0.2, 0) is 0 Å². The molecule has 0 heterocycles. The van der Waals surface area contributed by atoms with Crippen molar-refractivity contribution in [3.05, 3.63) is 102 Å². The van der Waals surface area contributed by atoms with Crippen LogP contribution in [0.4, 0.5) is 0 Å². The topological polar surface area (TPSA) is 66.8 Å². The summed E-state index contributed by atoms with van der Waals surface area (Å²) < 4.78 is 6.34. The van der Waals surface area contributed by atoms with E-state index in [-0.39, 0.29) is 5.78 Å². The zero-order valence-corrected chi connectivity index (χ0v) is 20.7. The highest BCUT2D eigenvalue weighted by atomic mass is 16.5. The Balaban J connectivity index is 0.000000497. The molecule has 3 aromatic carbocycles. The van der Waals surface area contributed by atoms with Crippen LogP contribution < -0.4 is 4.74 Å². The second-order valence-electron chi connectivity index (χ2n) is 9.13. The van der Waals surface area contributed by atoms with Crippen molar-refractivity contribution in [3.8, 4) is 5.75 Å². The quantitative estimate of drug-likeness (QED) is 0.343. The fourth-order valence-corrected chi connectivity index (χ4v) is 3.91. The van der Waals surface area contributed by atoms with Gasteiger partial charge in [0.1, 0.15) is 44.2 Å². The third-order valence-electron chi connectivity index (χ3n) is 5.40. The van der Waals surface area contributed by atoms with Crippen LogP contribution >= 0.6 is 0 Å². The standard InChI is InChI=1S/C22H30NO4.C7H8/c1-17(24)15-23(3,16-18(2)25)13-14-27-21-11-9-20(10-12-21)22(26)19-7-5-4-6-8-19;1-7-5-3-2-4-6-7/h4-12,17-18,24-25H,13-16H2,1-3H3;2-6H,1H3/q+1;. The first-order valence-corrected chi connectivity index (χ1v) is 11.7. The van der Waals surface area contributed by atoms with Gasteiger partial charge in [-0.05, 0) is 45.0 Å². The Morgan fingerprint density at radius 1 is 0.794 bits per heavy atom. The molecule has 0 fully saturated rings. The summed E-state index contributed by atoms with van der Waals surface area (Å²) in [6.07, 6.45) is -0.894. The molecule has 0 radical (unpaired) electrons. The third kappa shape index (κ3) is 9.87. The normalized spacial score (nSPS) is 14.2. The second kappa shape index (κ2) is 13.7. The smallest absolute Gasteiger partial charge is 0.193 e. The molecular formula is C29H38NO4+. The molecule has 2 unspecified atom stereocenters. The summed E-state index contributed by atoms with van der Waals surface area (Å²) in [6.45, 7) is 7.82. The lowest BCUT2D eigenvalue weighted by Gasteiger charge is -2.36. The molecule has 2 N–H and O–H groups in total. The lowest BCUT2D eigenvalue weighted by molar-refractivity contribution is -0.914. The molecule has 3 rings (SSSR count). The molecular weight excluding hydrogens is 426 g/mol. The fourth-order valence-electron chi connectivity index (χ4n) is 3.91. The largest absolute Gasteiger partial charge is 0.488 e. The van der Waals surface area contributed by atoms with Gasteiger partial charge in [-0.2, -0.15) is 0 Å². The number of aryl methyl sites for hydroxylation is 1. The van der Waals surface area contributed by atoms with Crippen LogP contribution in [0.15, 0.2) is 84.9 Å². The zero-order chi connectivity index (χ0) is 25.0. The Hall–Kier alpha value is -2.99. The number of likely N-dealkylation sites (N-methyl/N-ethyl adjacent to an activating group) is 1. The van der Waals surface area contributed by atoms with Crippen molar-refractivity contribution in [1.82, 2.24) is 0 Å². The predicted molar refractivity (Wildman–Crippen MR) is 137 cm³/mol. The maximum Gasteiger partial charge on any atom is 0.193 e. The Morgan fingerprint density at radius 2 is 1.26 bits per heavy atom. The molecule has 0 saturated heterocycles.